The van der Waals surface area contributed by atoms with Crippen LogP contribution in [0, 0.1) is 12.3 Å². The molecule has 0 unspecified atom stereocenters. The van der Waals surface area contributed by atoms with Gasteiger partial charge in [-0.15, -0.1) is 0 Å². The highest BCUT2D eigenvalue weighted by molar-refractivity contribution is 7.98. The second kappa shape index (κ2) is 3.91. The van der Waals surface area contributed by atoms with Crippen molar-refractivity contribution in [3.63, 3.8) is 0 Å². The highest BCUT2D eigenvalue weighted by Gasteiger charge is 1.61. The fraction of sp³-hybridized carbons (Fsp3) is 0.500. The topological polar surface area (TPSA) is 0 Å². The van der Waals surface area contributed by atoms with E-state index in [0.29, 0.717) is 0 Å². The zero-order chi connectivity index (χ0) is 4.12. The molecule has 0 N–H and O–H groups in total. The first-order chi connectivity index (χ1) is 2.41. The Morgan fingerprint density at radius 1 is 2.00 bits per heavy atom. The van der Waals surface area contributed by atoms with Gasteiger partial charge in [0.15, 0.2) is 0 Å². The van der Waals surface area contributed by atoms with Gasteiger partial charge in [0.25, 0.3) is 0 Å². The molecule has 0 aromatic rings. The minimum Gasteiger partial charge on any atom is -0.152 e. The SMILES string of the molecule is [C]#CCSC. The van der Waals surface area contributed by atoms with Crippen LogP contribution in [0.2, 0.25) is 0 Å². The lowest BCUT2D eigenvalue weighted by Crippen LogP contribution is -1.59. The average Bonchev–Trinajstić information content (AvgIpc) is 1.41. The molecule has 0 amide bonds. The third-order valence-corrected chi connectivity index (χ3v) is 0.650. The van der Waals surface area contributed by atoms with Crippen LogP contribution < -0.4 is 0 Å². The number of hydrogen-bond donors (Lipinski definition) is 0. The van der Waals surface area contributed by atoms with E-state index in [-0.39, 0.29) is 0 Å². The summed E-state index contributed by atoms with van der Waals surface area (Å²) >= 11 is 1.60. The van der Waals surface area contributed by atoms with Crippen LogP contribution in [0.15, 0.2) is 0 Å². The third-order valence-electron chi connectivity index (χ3n) is 0.217. The molecule has 0 bridgehead atoms. The summed E-state index contributed by atoms with van der Waals surface area (Å²) in [6, 6.07) is 0. The Kier molecular flexibility index (Phi) is 3.84. The van der Waals surface area contributed by atoms with E-state index in [9.17, 15) is 0 Å². The maximum absolute atomic E-state index is 6.33. The van der Waals surface area contributed by atoms with E-state index in [1.165, 1.54) is 0 Å². The second-order valence-electron chi connectivity index (χ2n) is 0.610. The van der Waals surface area contributed by atoms with Gasteiger partial charge in [-0.05, 0) is 12.7 Å². The summed E-state index contributed by atoms with van der Waals surface area (Å²) in [6.07, 6.45) is 8.28. The predicted octanol–water partition coefficient (Wildman–Crippen LogP) is 0.939. The van der Waals surface area contributed by atoms with Crippen LogP contribution in [0.3, 0.4) is 0 Å². The zero-order valence-electron chi connectivity index (χ0n) is 3.12. The number of rotatable bonds is 1. The summed E-state index contributed by atoms with van der Waals surface area (Å²) in [6.45, 7) is 0. The highest BCUT2D eigenvalue weighted by atomic mass is 32.2. The zero-order valence-corrected chi connectivity index (χ0v) is 3.93. The number of hydrogen-bond acceptors (Lipinski definition) is 1. The molecule has 27 valence electrons. The first-order valence-corrected chi connectivity index (χ1v) is 2.69. The first-order valence-electron chi connectivity index (χ1n) is 1.30. The molecule has 0 fully saturated rings. The Morgan fingerprint density at radius 2 is 2.60 bits per heavy atom. The third kappa shape index (κ3) is 3.91. The van der Waals surface area contributed by atoms with Crippen molar-refractivity contribution in [2.75, 3.05) is 12.0 Å². The summed E-state index contributed by atoms with van der Waals surface area (Å²) in [4.78, 5) is 0. The molecule has 0 heterocycles. The Labute approximate surface area is 37.0 Å². The van der Waals surface area contributed by atoms with Crippen LogP contribution in [-0.4, -0.2) is 12.0 Å². The van der Waals surface area contributed by atoms with Gasteiger partial charge in [-0.2, -0.15) is 11.8 Å². The molecule has 0 atom stereocenters. The van der Waals surface area contributed by atoms with Gasteiger partial charge in [0.05, 0.1) is 5.75 Å². The Morgan fingerprint density at radius 3 is 2.60 bits per heavy atom. The van der Waals surface area contributed by atoms with Gasteiger partial charge in [-0.1, -0.05) is 5.92 Å². The summed E-state index contributed by atoms with van der Waals surface area (Å²) in [5.41, 5.74) is 0. The summed E-state index contributed by atoms with van der Waals surface area (Å²) < 4.78 is 0. The maximum atomic E-state index is 6.33. The Balaban J connectivity index is 2.48. The molecule has 0 aliphatic rings. The lowest BCUT2D eigenvalue weighted by Gasteiger charge is -1.70. The molecule has 0 rings (SSSR count). The van der Waals surface area contributed by atoms with Gasteiger partial charge in [0.1, 0.15) is 0 Å². The van der Waals surface area contributed by atoms with E-state index >= 15 is 0 Å². The normalized spacial score (nSPS) is 6.40. The fourth-order valence-electron chi connectivity index (χ4n) is 0.0722. The van der Waals surface area contributed by atoms with E-state index in [4.69, 9.17) is 6.42 Å². The molecule has 0 aromatic heterocycles. The molecular formula is C4H5S. The molecule has 0 nitrogen and oxygen atoms in total. The van der Waals surface area contributed by atoms with Crippen molar-refractivity contribution in [1.29, 1.82) is 0 Å². The van der Waals surface area contributed by atoms with Crippen molar-refractivity contribution in [2.45, 2.75) is 0 Å². The molecule has 0 aliphatic heterocycles. The number of thioether (sulfide) groups is 1. The van der Waals surface area contributed by atoms with Crippen LogP contribution >= 0.6 is 11.8 Å². The van der Waals surface area contributed by atoms with Gasteiger partial charge >= 0.3 is 0 Å². The van der Waals surface area contributed by atoms with Gasteiger partial charge in [-0.3, -0.25) is 0 Å². The molecule has 1 radical (unpaired) electrons. The summed E-state index contributed by atoms with van der Waals surface area (Å²) in [5, 5.41) is 0. The predicted molar refractivity (Wildman–Crippen MR) is 25.5 cm³/mol. The van der Waals surface area contributed by atoms with Gasteiger partial charge in [0.2, 0.25) is 0 Å². The molecule has 0 aliphatic carbocycles. The molecule has 0 saturated carbocycles. The van der Waals surface area contributed by atoms with E-state index in [1.807, 2.05) is 6.26 Å². The quantitative estimate of drug-likeness (QED) is 0.427. The van der Waals surface area contributed by atoms with Crippen LogP contribution in [0.4, 0.5) is 0 Å². The van der Waals surface area contributed by atoms with Crippen molar-refractivity contribution in [3.8, 4) is 5.92 Å². The van der Waals surface area contributed by atoms with Crippen LogP contribution in [0.5, 0.6) is 0 Å². The molecular weight excluding hydrogens is 80.1 g/mol. The van der Waals surface area contributed by atoms with E-state index in [1.54, 1.807) is 11.8 Å². The lowest BCUT2D eigenvalue weighted by molar-refractivity contribution is 1.94. The van der Waals surface area contributed by atoms with Crippen molar-refractivity contribution >= 4 is 11.8 Å². The van der Waals surface area contributed by atoms with Crippen LogP contribution in [-0.2, 0) is 0 Å². The van der Waals surface area contributed by atoms with Crippen LogP contribution in [0.1, 0.15) is 0 Å². The van der Waals surface area contributed by atoms with Gasteiger partial charge < -0.3 is 0 Å². The molecule has 5 heavy (non-hydrogen) atoms. The van der Waals surface area contributed by atoms with Crippen LogP contribution in [0.25, 0.3) is 0 Å². The molecule has 0 spiro atoms. The molecule has 0 saturated heterocycles. The molecule has 0 aromatic carbocycles. The minimum absolute atomic E-state index is 0.722. The largest absolute Gasteiger partial charge is 0.152 e. The van der Waals surface area contributed by atoms with E-state index in [2.05, 4.69) is 5.92 Å². The lowest BCUT2D eigenvalue weighted by atomic mass is 10.8. The molecule has 1 heteroatoms. The summed E-state index contributed by atoms with van der Waals surface area (Å²) in [5.74, 6) is 2.95. The van der Waals surface area contributed by atoms with Crippen molar-refractivity contribution in [2.24, 2.45) is 0 Å². The Bertz CT molecular complexity index is 42.1. The van der Waals surface area contributed by atoms with E-state index < -0.39 is 0 Å². The Hall–Kier alpha value is -0.0900. The van der Waals surface area contributed by atoms with Crippen molar-refractivity contribution < 1.29 is 0 Å². The smallest absolute Gasteiger partial charge is 0.0554 e. The van der Waals surface area contributed by atoms with E-state index in [0.717, 1.165) is 5.75 Å². The minimum atomic E-state index is 0.722. The maximum Gasteiger partial charge on any atom is 0.0554 e. The first kappa shape index (κ1) is 4.91. The van der Waals surface area contributed by atoms with Crippen molar-refractivity contribution in [3.05, 3.63) is 6.42 Å². The fourth-order valence-corrected chi connectivity index (χ4v) is 0.217. The standard InChI is InChI=1S/C4H5S/c1-3-4-5-2/h4H2,2H3. The average molecular weight is 85.2 g/mol. The summed E-state index contributed by atoms with van der Waals surface area (Å²) in [7, 11) is 0. The second-order valence-corrected chi connectivity index (χ2v) is 1.48. The highest BCUT2D eigenvalue weighted by Crippen LogP contribution is 1.84. The van der Waals surface area contributed by atoms with Gasteiger partial charge in [0, 0.05) is 0 Å². The van der Waals surface area contributed by atoms with Gasteiger partial charge in [-0.25, -0.2) is 0 Å². The monoisotopic (exact) mass is 85.0 g/mol. The van der Waals surface area contributed by atoms with Crippen molar-refractivity contribution in [1.82, 2.24) is 0 Å².